The predicted molar refractivity (Wildman–Crippen MR) is 99.7 cm³/mol. The largest absolute Gasteiger partial charge is 0.506 e. The molecule has 0 bridgehead atoms. The first kappa shape index (κ1) is 15.8. The summed E-state index contributed by atoms with van der Waals surface area (Å²) in [6.45, 7) is 0. The molecule has 26 heavy (non-hydrogen) atoms. The standard InChI is InChI=1S/C20H14N2O4/c1-25-17-9-8-15(12-6-4-10-21-18(12)17)22-11-14-19(23)13-5-2-3-7-16(13)26-20(14)24/h2-11,23H,1H3. The van der Waals surface area contributed by atoms with Crippen LogP contribution in [0.15, 0.2) is 68.9 Å². The Morgan fingerprint density at radius 1 is 1.12 bits per heavy atom. The Hall–Kier alpha value is -3.67. The number of benzene rings is 2. The molecule has 0 radical (unpaired) electrons. The molecule has 0 aliphatic carbocycles. The molecule has 0 saturated carbocycles. The van der Waals surface area contributed by atoms with Gasteiger partial charge in [-0.2, -0.15) is 0 Å². The van der Waals surface area contributed by atoms with Gasteiger partial charge in [-0.25, -0.2) is 4.79 Å². The summed E-state index contributed by atoms with van der Waals surface area (Å²) in [4.78, 5) is 20.9. The van der Waals surface area contributed by atoms with Crippen LogP contribution in [0, 0.1) is 0 Å². The summed E-state index contributed by atoms with van der Waals surface area (Å²) in [6.07, 6.45) is 2.98. The summed E-state index contributed by atoms with van der Waals surface area (Å²) >= 11 is 0. The Morgan fingerprint density at radius 3 is 2.77 bits per heavy atom. The molecule has 0 unspecified atom stereocenters. The average molecular weight is 346 g/mol. The summed E-state index contributed by atoms with van der Waals surface area (Å²) in [5, 5.41) is 11.6. The van der Waals surface area contributed by atoms with Gasteiger partial charge in [0.2, 0.25) is 0 Å². The van der Waals surface area contributed by atoms with E-state index >= 15 is 0 Å². The van der Waals surface area contributed by atoms with Crippen LogP contribution in [-0.2, 0) is 0 Å². The van der Waals surface area contributed by atoms with Crippen molar-refractivity contribution in [1.82, 2.24) is 4.98 Å². The molecule has 2 heterocycles. The zero-order valence-corrected chi connectivity index (χ0v) is 13.8. The molecule has 0 amide bonds. The zero-order valence-electron chi connectivity index (χ0n) is 13.8. The lowest BCUT2D eigenvalue weighted by Gasteiger charge is -2.06. The second kappa shape index (κ2) is 6.33. The SMILES string of the molecule is COc1ccc(N=Cc2c(O)c3ccccc3oc2=O)c2cccnc12. The second-order valence-electron chi connectivity index (χ2n) is 5.59. The van der Waals surface area contributed by atoms with Crippen LogP contribution in [0.4, 0.5) is 5.69 Å². The number of fused-ring (bicyclic) bond motifs is 2. The minimum absolute atomic E-state index is 0.00319. The van der Waals surface area contributed by atoms with E-state index in [1.54, 1.807) is 55.8 Å². The summed E-state index contributed by atoms with van der Waals surface area (Å²) in [6, 6.07) is 14.0. The molecule has 0 spiro atoms. The van der Waals surface area contributed by atoms with Crippen LogP contribution in [0.2, 0.25) is 0 Å². The molecule has 4 aromatic rings. The van der Waals surface area contributed by atoms with E-state index in [2.05, 4.69) is 9.98 Å². The minimum Gasteiger partial charge on any atom is -0.506 e. The Balaban J connectivity index is 1.86. The van der Waals surface area contributed by atoms with E-state index in [4.69, 9.17) is 9.15 Å². The first-order chi connectivity index (χ1) is 12.7. The van der Waals surface area contributed by atoms with Gasteiger partial charge in [-0.1, -0.05) is 12.1 Å². The van der Waals surface area contributed by atoms with Gasteiger partial charge in [-0.05, 0) is 36.4 Å². The van der Waals surface area contributed by atoms with Crippen molar-refractivity contribution in [1.29, 1.82) is 0 Å². The van der Waals surface area contributed by atoms with Gasteiger partial charge < -0.3 is 14.3 Å². The molecule has 0 aliphatic heterocycles. The topological polar surface area (TPSA) is 84.9 Å². The Kier molecular flexibility index (Phi) is 3.85. The zero-order chi connectivity index (χ0) is 18.1. The third kappa shape index (κ3) is 2.57. The van der Waals surface area contributed by atoms with Gasteiger partial charge in [0.05, 0.1) is 18.2 Å². The van der Waals surface area contributed by atoms with Crippen LogP contribution in [-0.4, -0.2) is 23.4 Å². The van der Waals surface area contributed by atoms with Crippen LogP contribution in [0.3, 0.4) is 0 Å². The van der Waals surface area contributed by atoms with Crippen molar-refractivity contribution < 1.29 is 14.3 Å². The maximum Gasteiger partial charge on any atom is 0.348 e. The van der Waals surface area contributed by atoms with Gasteiger partial charge in [0, 0.05) is 17.8 Å². The van der Waals surface area contributed by atoms with Crippen LogP contribution < -0.4 is 10.4 Å². The minimum atomic E-state index is -0.652. The molecule has 0 fully saturated rings. The summed E-state index contributed by atoms with van der Waals surface area (Å²) in [5.41, 5.74) is 0.934. The number of methoxy groups -OCH3 is 1. The Morgan fingerprint density at radius 2 is 1.92 bits per heavy atom. The smallest absolute Gasteiger partial charge is 0.348 e. The van der Waals surface area contributed by atoms with E-state index in [1.807, 2.05) is 6.07 Å². The summed E-state index contributed by atoms with van der Waals surface area (Å²) in [7, 11) is 1.57. The normalized spacial score (nSPS) is 11.4. The quantitative estimate of drug-likeness (QED) is 0.450. The highest BCUT2D eigenvalue weighted by Gasteiger charge is 2.12. The maximum atomic E-state index is 12.2. The predicted octanol–water partition coefficient (Wildman–Crippen LogP) is 3.81. The number of aromatic nitrogens is 1. The lowest BCUT2D eigenvalue weighted by molar-refractivity contribution is 0.419. The molecular weight excluding hydrogens is 332 g/mol. The molecule has 6 nitrogen and oxygen atoms in total. The number of para-hydroxylation sites is 1. The third-order valence-corrected chi connectivity index (χ3v) is 4.08. The molecule has 1 N–H and O–H groups in total. The van der Waals surface area contributed by atoms with E-state index in [9.17, 15) is 9.90 Å². The molecule has 2 aromatic carbocycles. The lowest BCUT2D eigenvalue weighted by atomic mass is 10.1. The maximum absolute atomic E-state index is 12.2. The van der Waals surface area contributed by atoms with E-state index in [0.29, 0.717) is 27.9 Å². The van der Waals surface area contributed by atoms with Crippen LogP contribution >= 0.6 is 0 Å². The van der Waals surface area contributed by atoms with Crippen LogP contribution in [0.5, 0.6) is 11.5 Å². The monoisotopic (exact) mass is 346 g/mol. The second-order valence-corrected chi connectivity index (χ2v) is 5.59. The first-order valence-corrected chi connectivity index (χ1v) is 7.89. The number of aliphatic imine (C=N–C) groups is 1. The number of rotatable bonds is 3. The van der Waals surface area contributed by atoms with Crippen molar-refractivity contribution in [3.8, 4) is 11.5 Å². The molecular formula is C20H14N2O4. The molecule has 6 heteroatoms. The number of aromatic hydroxyl groups is 1. The van der Waals surface area contributed by atoms with Crippen LogP contribution in [0.25, 0.3) is 21.9 Å². The van der Waals surface area contributed by atoms with E-state index in [1.165, 1.54) is 6.21 Å². The number of pyridine rings is 1. The van der Waals surface area contributed by atoms with Gasteiger partial charge in [0.25, 0.3) is 0 Å². The molecule has 2 aromatic heterocycles. The highest BCUT2D eigenvalue weighted by Crippen LogP contribution is 2.32. The fraction of sp³-hybridized carbons (Fsp3) is 0.0500. The fourth-order valence-corrected chi connectivity index (χ4v) is 2.80. The molecule has 4 rings (SSSR count). The van der Waals surface area contributed by atoms with E-state index in [0.717, 1.165) is 5.39 Å². The highest BCUT2D eigenvalue weighted by molar-refractivity contribution is 5.98. The molecule has 0 saturated heterocycles. The summed E-state index contributed by atoms with van der Waals surface area (Å²) in [5.74, 6) is 0.476. The lowest BCUT2D eigenvalue weighted by Crippen LogP contribution is -2.06. The highest BCUT2D eigenvalue weighted by atomic mass is 16.5. The van der Waals surface area contributed by atoms with Crippen LogP contribution in [0.1, 0.15) is 5.56 Å². The average Bonchev–Trinajstić information content (AvgIpc) is 2.67. The number of hydrogen-bond donors (Lipinski definition) is 1. The van der Waals surface area contributed by atoms with Crippen molar-refractivity contribution in [2.24, 2.45) is 4.99 Å². The number of hydrogen-bond acceptors (Lipinski definition) is 6. The van der Waals surface area contributed by atoms with Crippen molar-refractivity contribution in [3.63, 3.8) is 0 Å². The molecule has 128 valence electrons. The first-order valence-electron chi connectivity index (χ1n) is 7.89. The van der Waals surface area contributed by atoms with Gasteiger partial charge in [-0.3, -0.25) is 9.98 Å². The Bertz CT molecular complexity index is 1210. The van der Waals surface area contributed by atoms with E-state index < -0.39 is 5.63 Å². The van der Waals surface area contributed by atoms with Crippen molar-refractivity contribution in [2.75, 3.05) is 7.11 Å². The van der Waals surface area contributed by atoms with Gasteiger partial charge in [0.1, 0.15) is 28.2 Å². The third-order valence-electron chi connectivity index (χ3n) is 4.08. The molecule has 0 atom stereocenters. The van der Waals surface area contributed by atoms with Gasteiger partial charge in [-0.15, -0.1) is 0 Å². The van der Waals surface area contributed by atoms with Gasteiger partial charge >= 0.3 is 5.63 Å². The summed E-state index contributed by atoms with van der Waals surface area (Å²) < 4.78 is 10.6. The number of nitrogens with zero attached hydrogens (tertiary/aromatic N) is 2. The Labute approximate surface area is 148 Å². The van der Waals surface area contributed by atoms with Crippen molar-refractivity contribution >= 4 is 33.8 Å². The van der Waals surface area contributed by atoms with E-state index in [-0.39, 0.29) is 11.3 Å². The fourth-order valence-electron chi connectivity index (χ4n) is 2.80. The number of ether oxygens (including phenoxy) is 1. The van der Waals surface area contributed by atoms with Crippen molar-refractivity contribution in [2.45, 2.75) is 0 Å². The molecule has 0 aliphatic rings. The van der Waals surface area contributed by atoms with Crippen molar-refractivity contribution in [3.05, 3.63) is 70.7 Å². The van der Waals surface area contributed by atoms with Gasteiger partial charge in [0.15, 0.2) is 0 Å².